The molecule has 0 fully saturated rings. The van der Waals surface area contributed by atoms with Crippen LogP contribution in [0.15, 0.2) is 42.5 Å². The van der Waals surface area contributed by atoms with Gasteiger partial charge in [0.2, 0.25) is 0 Å². The second-order valence-corrected chi connectivity index (χ2v) is 4.16. The van der Waals surface area contributed by atoms with Crippen LogP contribution in [-0.2, 0) is 0 Å². The average Bonchev–Trinajstić information content (AvgIpc) is 2.33. The standard InChI is InChI=1S/C16H17/c1-4-14-8-10-15(11-9-14)16-7-5-6-12(2)13(16)3/h4-11H,1-3H3. The SMILES string of the molecule is C[CH]c1ccc(-c2cccc(C)c2C)cc1. The van der Waals surface area contributed by atoms with Gasteiger partial charge in [-0.05, 0) is 48.1 Å². The van der Waals surface area contributed by atoms with Gasteiger partial charge < -0.3 is 0 Å². The largest absolute Gasteiger partial charge is 0.0614 e. The monoisotopic (exact) mass is 209 g/mol. The molecular formula is C16H17. The van der Waals surface area contributed by atoms with Crippen LogP contribution >= 0.6 is 0 Å². The predicted molar refractivity (Wildman–Crippen MR) is 70.4 cm³/mol. The summed E-state index contributed by atoms with van der Waals surface area (Å²) in [5, 5.41) is 0. The van der Waals surface area contributed by atoms with Gasteiger partial charge in [-0.3, -0.25) is 0 Å². The van der Waals surface area contributed by atoms with Crippen molar-refractivity contribution in [1.29, 1.82) is 0 Å². The lowest BCUT2D eigenvalue weighted by Crippen LogP contribution is -1.87. The number of hydrogen-bond donors (Lipinski definition) is 0. The summed E-state index contributed by atoms with van der Waals surface area (Å²) in [4.78, 5) is 0. The molecule has 2 aromatic rings. The average molecular weight is 209 g/mol. The van der Waals surface area contributed by atoms with E-state index in [0.717, 1.165) is 0 Å². The Labute approximate surface area is 97.9 Å². The fourth-order valence-corrected chi connectivity index (χ4v) is 1.92. The molecule has 0 amide bonds. The molecule has 0 heteroatoms. The van der Waals surface area contributed by atoms with Gasteiger partial charge in [0.15, 0.2) is 0 Å². The first-order valence-corrected chi connectivity index (χ1v) is 5.68. The molecule has 0 nitrogen and oxygen atoms in total. The molecule has 0 spiro atoms. The van der Waals surface area contributed by atoms with Crippen LogP contribution in [0.3, 0.4) is 0 Å². The Hall–Kier alpha value is -1.56. The third-order valence-corrected chi connectivity index (χ3v) is 3.16. The lowest BCUT2D eigenvalue weighted by atomic mass is 9.96. The summed E-state index contributed by atoms with van der Waals surface area (Å²) in [7, 11) is 0. The van der Waals surface area contributed by atoms with Crippen LogP contribution in [0.5, 0.6) is 0 Å². The Morgan fingerprint density at radius 2 is 1.56 bits per heavy atom. The van der Waals surface area contributed by atoms with Crippen LogP contribution in [0.4, 0.5) is 0 Å². The van der Waals surface area contributed by atoms with Crippen LogP contribution in [0.1, 0.15) is 23.6 Å². The van der Waals surface area contributed by atoms with E-state index in [4.69, 9.17) is 0 Å². The molecule has 0 aliphatic heterocycles. The zero-order valence-corrected chi connectivity index (χ0v) is 10.1. The maximum Gasteiger partial charge on any atom is -0.0124 e. The summed E-state index contributed by atoms with van der Waals surface area (Å²) in [6.07, 6.45) is 2.12. The van der Waals surface area contributed by atoms with E-state index in [1.165, 1.54) is 27.8 Å². The van der Waals surface area contributed by atoms with Crippen molar-refractivity contribution in [2.75, 3.05) is 0 Å². The van der Waals surface area contributed by atoms with Crippen LogP contribution in [0.25, 0.3) is 11.1 Å². The van der Waals surface area contributed by atoms with Gasteiger partial charge in [-0.1, -0.05) is 49.4 Å². The maximum atomic E-state index is 2.19. The third kappa shape index (κ3) is 2.01. The van der Waals surface area contributed by atoms with Crippen LogP contribution in [0, 0.1) is 20.3 Å². The minimum absolute atomic E-state index is 1.27. The van der Waals surface area contributed by atoms with Crippen molar-refractivity contribution in [1.82, 2.24) is 0 Å². The summed E-state index contributed by atoms with van der Waals surface area (Å²) in [6.45, 7) is 6.41. The van der Waals surface area contributed by atoms with E-state index in [9.17, 15) is 0 Å². The van der Waals surface area contributed by atoms with E-state index in [1.807, 2.05) is 0 Å². The number of rotatable bonds is 2. The highest BCUT2D eigenvalue weighted by Crippen LogP contribution is 2.25. The lowest BCUT2D eigenvalue weighted by molar-refractivity contribution is 1.34. The summed E-state index contributed by atoms with van der Waals surface area (Å²) < 4.78 is 0. The molecule has 81 valence electrons. The normalized spacial score (nSPS) is 10.4. The van der Waals surface area contributed by atoms with Gasteiger partial charge in [0.1, 0.15) is 0 Å². The van der Waals surface area contributed by atoms with E-state index < -0.39 is 0 Å². The van der Waals surface area contributed by atoms with E-state index in [1.54, 1.807) is 0 Å². The number of benzene rings is 2. The lowest BCUT2D eigenvalue weighted by Gasteiger charge is -2.09. The summed E-state index contributed by atoms with van der Waals surface area (Å²) in [6, 6.07) is 15.2. The summed E-state index contributed by atoms with van der Waals surface area (Å²) in [5.74, 6) is 0. The molecule has 2 aromatic carbocycles. The first kappa shape index (κ1) is 10.9. The fraction of sp³-hybridized carbons (Fsp3) is 0.188. The Kier molecular flexibility index (Phi) is 3.09. The van der Waals surface area contributed by atoms with Crippen molar-refractivity contribution < 1.29 is 0 Å². The van der Waals surface area contributed by atoms with Crippen molar-refractivity contribution >= 4 is 0 Å². The molecule has 0 saturated heterocycles. The highest BCUT2D eigenvalue weighted by Gasteiger charge is 2.02. The van der Waals surface area contributed by atoms with E-state index in [-0.39, 0.29) is 0 Å². The Bertz CT molecular complexity index is 478. The molecule has 0 heterocycles. The minimum Gasteiger partial charge on any atom is -0.0614 e. The van der Waals surface area contributed by atoms with Crippen molar-refractivity contribution in [2.24, 2.45) is 0 Å². The van der Waals surface area contributed by atoms with E-state index in [0.29, 0.717) is 0 Å². The number of aryl methyl sites for hydroxylation is 1. The first-order chi connectivity index (χ1) is 7.72. The van der Waals surface area contributed by atoms with Gasteiger partial charge in [-0.2, -0.15) is 0 Å². The Morgan fingerprint density at radius 3 is 2.19 bits per heavy atom. The van der Waals surface area contributed by atoms with Gasteiger partial charge >= 0.3 is 0 Å². The molecule has 0 atom stereocenters. The Balaban J connectivity index is 2.46. The summed E-state index contributed by atoms with van der Waals surface area (Å²) in [5.41, 5.74) is 6.63. The molecule has 16 heavy (non-hydrogen) atoms. The first-order valence-electron chi connectivity index (χ1n) is 5.68. The van der Waals surface area contributed by atoms with Gasteiger partial charge in [0, 0.05) is 0 Å². The van der Waals surface area contributed by atoms with Crippen LogP contribution in [0.2, 0.25) is 0 Å². The molecule has 0 unspecified atom stereocenters. The van der Waals surface area contributed by atoms with Crippen molar-refractivity contribution in [3.05, 3.63) is 65.6 Å². The third-order valence-electron chi connectivity index (χ3n) is 3.16. The topological polar surface area (TPSA) is 0 Å². The van der Waals surface area contributed by atoms with Gasteiger partial charge in [0.25, 0.3) is 0 Å². The fourth-order valence-electron chi connectivity index (χ4n) is 1.92. The predicted octanol–water partition coefficient (Wildman–Crippen LogP) is 4.54. The minimum atomic E-state index is 1.27. The van der Waals surface area contributed by atoms with Crippen LogP contribution in [-0.4, -0.2) is 0 Å². The molecule has 2 rings (SSSR count). The second-order valence-electron chi connectivity index (χ2n) is 4.16. The molecule has 0 aliphatic carbocycles. The Morgan fingerprint density at radius 1 is 0.875 bits per heavy atom. The molecule has 0 aliphatic rings. The van der Waals surface area contributed by atoms with Gasteiger partial charge in [0.05, 0.1) is 0 Å². The zero-order valence-electron chi connectivity index (χ0n) is 10.1. The van der Waals surface area contributed by atoms with Gasteiger partial charge in [-0.25, -0.2) is 0 Å². The van der Waals surface area contributed by atoms with Crippen molar-refractivity contribution in [2.45, 2.75) is 20.8 Å². The molecule has 0 aromatic heterocycles. The van der Waals surface area contributed by atoms with E-state index >= 15 is 0 Å². The smallest absolute Gasteiger partial charge is 0.0124 e. The summed E-state index contributed by atoms with van der Waals surface area (Å²) >= 11 is 0. The van der Waals surface area contributed by atoms with Crippen LogP contribution < -0.4 is 0 Å². The number of hydrogen-bond acceptors (Lipinski definition) is 0. The second kappa shape index (κ2) is 4.52. The highest BCUT2D eigenvalue weighted by atomic mass is 14.1. The molecule has 0 saturated carbocycles. The van der Waals surface area contributed by atoms with Gasteiger partial charge in [-0.15, -0.1) is 0 Å². The zero-order chi connectivity index (χ0) is 11.5. The van der Waals surface area contributed by atoms with E-state index in [2.05, 4.69) is 69.7 Å². The quantitative estimate of drug-likeness (QED) is 0.681. The van der Waals surface area contributed by atoms with Crippen molar-refractivity contribution in [3.63, 3.8) is 0 Å². The molecule has 0 bridgehead atoms. The van der Waals surface area contributed by atoms with Crippen molar-refractivity contribution in [3.8, 4) is 11.1 Å². The molecular weight excluding hydrogens is 192 g/mol. The maximum absolute atomic E-state index is 2.19. The molecule has 1 radical (unpaired) electrons. The molecule has 0 N–H and O–H groups in total. The highest BCUT2D eigenvalue weighted by molar-refractivity contribution is 5.68.